The van der Waals surface area contributed by atoms with E-state index in [9.17, 15) is 4.79 Å². The maximum atomic E-state index is 12.6. The Morgan fingerprint density at radius 2 is 1.96 bits per heavy atom. The summed E-state index contributed by atoms with van der Waals surface area (Å²) < 4.78 is 11.2. The molecule has 0 bridgehead atoms. The van der Waals surface area contributed by atoms with Crippen molar-refractivity contribution in [2.75, 3.05) is 12.3 Å². The van der Waals surface area contributed by atoms with Gasteiger partial charge in [-0.25, -0.2) is 4.79 Å². The normalized spacial score (nSPS) is 10.3. The van der Waals surface area contributed by atoms with E-state index in [2.05, 4.69) is 6.92 Å². The van der Waals surface area contributed by atoms with Crippen molar-refractivity contribution in [3.05, 3.63) is 47.5 Å². The third kappa shape index (κ3) is 4.06. The molecule has 0 fully saturated rings. The van der Waals surface area contributed by atoms with Gasteiger partial charge >= 0.3 is 5.97 Å². The number of unbranched alkanes of at least 4 members (excludes halogenated alkanes) is 1. The number of nitrogen functional groups attached to an aromatic ring is 1. The molecule has 0 radical (unpaired) electrons. The van der Waals surface area contributed by atoms with Crippen molar-refractivity contribution in [3.8, 4) is 11.5 Å². The summed E-state index contributed by atoms with van der Waals surface area (Å²) in [5.41, 5.74) is 8.65. The number of nitrogens with two attached hydrogens (primary N) is 1. The summed E-state index contributed by atoms with van der Waals surface area (Å²) in [6.45, 7) is 4.47. The number of rotatable bonds is 6. The van der Waals surface area contributed by atoms with Crippen molar-refractivity contribution in [2.24, 2.45) is 0 Å². The molecule has 2 aromatic rings. The van der Waals surface area contributed by atoms with Crippen LogP contribution in [-0.4, -0.2) is 20.4 Å². The van der Waals surface area contributed by atoms with Gasteiger partial charge in [0, 0.05) is 5.69 Å². The Morgan fingerprint density at radius 1 is 1.26 bits per heavy atom. The van der Waals surface area contributed by atoms with Crippen LogP contribution in [0.2, 0.25) is 0 Å². The zero-order valence-electron chi connectivity index (χ0n) is 13.9. The van der Waals surface area contributed by atoms with Gasteiger partial charge in [-0.3, -0.25) is 0 Å². The van der Waals surface area contributed by atoms with Crippen LogP contribution in [0.3, 0.4) is 0 Å². The fraction of sp³-hybridized carbons (Fsp3) is 0.278. The fourth-order valence-electron chi connectivity index (χ4n) is 2.30. The second-order valence-corrected chi connectivity index (χ2v) is 5.51. The number of para-hydroxylation sites is 1. The third-order valence-electron chi connectivity index (χ3n) is 3.71. The number of carbonyl (C=O) groups is 1. The number of carbonyl (C=O) groups excluding carboxylic acids is 1. The van der Waals surface area contributed by atoms with E-state index >= 15 is 0 Å². The quantitative estimate of drug-likeness (QED) is 0.292. The molecular weight excluding hydrogens is 289 g/mol. The van der Waals surface area contributed by atoms with Crippen molar-refractivity contribution in [1.82, 2.24) is 0 Å². The Balaban J connectivity index is 2.34. The lowest BCUT2D eigenvalue weighted by Crippen LogP contribution is -2.20. The molecule has 4 nitrogen and oxygen atoms in total. The molecule has 2 rings (SSSR count). The van der Waals surface area contributed by atoms with Crippen LogP contribution in [0.25, 0.3) is 0 Å². The van der Waals surface area contributed by atoms with Gasteiger partial charge in [-0.05, 0) is 37.1 Å². The molecule has 0 unspecified atom stereocenters. The molecule has 0 atom stereocenters. The van der Waals surface area contributed by atoms with Gasteiger partial charge in [0.1, 0.15) is 24.9 Å². The maximum absolute atomic E-state index is 12.6. The van der Waals surface area contributed by atoms with Gasteiger partial charge in [-0.15, -0.1) is 0 Å². The van der Waals surface area contributed by atoms with Crippen molar-refractivity contribution in [1.29, 1.82) is 0 Å². The Labute approximate surface area is 138 Å². The van der Waals surface area contributed by atoms with E-state index in [1.54, 1.807) is 18.2 Å². The molecule has 0 aliphatic carbocycles. The van der Waals surface area contributed by atoms with Gasteiger partial charge in [-0.1, -0.05) is 37.0 Å². The molecule has 0 amide bonds. The SMILES string of the molecule is Bc1cc(OCCCC)c(C(=O)Oc2ccccc2)c(C)c1N. The lowest BCUT2D eigenvalue weighted by atomic mass is 9.89. The average Bonchev–Trinajstić information content (AvgIpc) is 2.54. The average molecular weight is 311 g/mol. The molecule has 0 aliphatic rings. The first-order valence-corrected chi connectivity index (χ1v) is 7.84. The Bertz CT molecular complexity index is 686. The monoisotopic (exact) mass is 311 g/mol. The molecule has 0 spiro atoms. The van der Waals surface area contributed by atoms with Gasteiger partial charge in [0.25, 0.3) is 0 Å². The molecule has 2 aromatic carbocycles. The molecule has 120 valence electrons. The van der Waals surface area contributed by atoms with Gasteiger partial charge in [0.2, 0.25) is 0 Å². The first-order chi connectivity index (χ1) is 11.0. The summed E-state index contributed by atoms with van der Waals surface area (Å²) in [5.74, 6) is 0.575. The van der Waals surface area contributed by atoms with Crippen LogP contribution >= 0.6 is 0 Å². The number of ether oxygens (including phenoxy) is 2. The molecule has 0 aliphatic heterocycles. The highest BCUT2D eigenvalue weighted by Gasteiger charge is 2.21. The summed E-state index contributed by atoms with van der Waals surface area (Å²) >= 11 is 0. The van der Waals surface area contributed by atoms with Crippen LogP contribution in [-0.2, 0) is 0 Å². The predicted octanol–water partition coefficient (Wildman–Crippen LogP) is 2.23. The Hall–Kier alpha value is -2.43. The van der Waals surface area contributed by atoms with Gasteiger partial charge < -0.3 is 15.2 Å². The van der Waals surface area contributed by atoms with E-state index in [0.717, 1.165) is 18.3 Å². The maximum Gasteiger partial charge on any atom is 0.347 e. The summed E-state index contributed by atoms with van der Waals surface area (Å²) in [7, 11) is 1.90. The molecule has 5 heteroatoms. The zero-order chi connectivity index (χ0) is 16.8. The van der Waals surface area contributed by atoms with Gasteiger partial charge in [0.15, 0.2) is 0 Å². The first kappa shape index (κ1) is 16.9. The minimum absolute atomic E-state index is 0.396. The molecule has 2 N–H and O–H groups in total. The summed E-state index contributed by atoms with van der Waals surface area (Å²) in [6.07, 6.45) is 1.95. The minimum atomic E-state index is -0.452. The lowest BCUT2D eigenvalue weighted by molar-refractivity contribution is 0.0729. The summed E-state index contributed by atoms with van der Waals surface area (Å²) in [4.78, 5) is 12.6. The number of esters is 1. The van der Waals surface area contributed by atoms with E-state index in [0.29, 0.717) is 34.9 Å². The van der Waals surface area contributed by atoms with E-state index in [1.165, 1.54) is 0 Å². The van der Waals surface area contributed by atoms with E-state index in [4.69, 9.17) is 15.2 Å². The fourth-order valence-corrected chi connectivity index (χ4v) is 2.30. The van der Waals surface area contributed by atoms with Crippen LogP contribution < -0.4 is 20.7 Å². The standard InChI is InChI=1S/C18H22BNO3/c1-3-4-10-22-15-11-14(19)17(20)12(2)16(15)18(21)23-13-8-6-5-7-9-13/h5-9,11H,3-4,10,19-20H2,1-2H3. The smallest absolute Gasteiger partial charge is 0.347 e. The second-order valence-electron chi connectivity index (χ2n) is 5.51. The predicted molar refractivity (Wildman–Crippen MR) is 95.6 cm³/mol. The van der Waals surface area contributed by atoms with Crippen molar-refractivity contribution < 1.29 is 14.3 Å². The molecular formula is C18H22BNO3. The van der Waals surface area contributed by atoms with E-state index in [-0.39, 0.29) is 0 Å². The minimum Gasteiger partial charge on any atom is -0.493 e. The van der Waals surface area contributed by atoms with Gasteiger partial charge in [-0.2, -0.15) is 0 Å². The van der Waals surface area contributed by atoms with Crippen molar-refractivity contribution >= 4 is 25.0 Å². The summed E-state index contributed by atoms with van der Waals surface area (Å²) in [6, 6.07) is 10.8. The molecule has 0 heterocycles. The van der Waals surface area contributed by atoms with E-state index < -0.39 is 5.97 Å². The third-order valence-corrected chi connectivity index (χ3v) is 3.71. The van der Waals surface area contributed by atoms with Crippen LogP contribution in [0.15, 0.2) is 36.4 Å². The van der Waals surface area contributed by atoms with Crippen LogP contribution in [0.5, 0.6) is 11.5 Å². The highest BCUT2D eigenvalue weighted by atomic mass is 16.5. The number of anilines is 1. The highest BCUT2D eigenvalue weighted by Crippen LogP contribution is 2.27. The number of hydrogen-bond donors (Lipinski definition) is 1. The van der Waals surface area contributed by atoms with E-state index in [1.807, 2.05) is 33.0 Å². The second kappa shape index (κ2) is 7.72. The molecule has 23 heavy (non-hydrogen) atoms. The van der Waals surface area contributed by atoms with Crippen LogP contribution in [0, 0.1) is 6.92 Å². The Kier molecular flexibility index (Phi) is 5.69. The highest BCUT2D eigenvalue weighted by molar-refractivity contribution is 6.36. The molecule has 0 saturated carbocycles. The molecule has 0 aromatic heterocycles. The lowest BCUT2D eigenvalue weighted by Gasteiger charge is -2.16. The van der Waals surface area contributed by atoms with Crippen LogP contribution in [0.1, 0.15) is 35.7 Å². The van der Waals surface area contributed by atoms with Gasteiger partial charge in [0.05, 0.1) is 6.61 Å². The first-order valence-electron chi connectivity index (χ1n) is 7.84. The van der Waals surface area contributed by atoms with Crippen molar-refractivity contribution in [2.45, 2.75) is 26.7 Å². The summed E-state index contributed by atoms with van der Waals surface area (Å²) in [5, 5.41) is 0. The largest absolute Gasteiger partial charge is 0.493 e. The van der Waals surface area contributed by atoms with Crippen LogP contribution in [0.4, 0.5) is 5.69 Å². The topological polar surface area (TPSA) is 61.5 Å². The number of hydrogen-bond acceptors (Lipinski definition) is 4. The van der Waals surface area contributed by atoms with Crippen molar-refractivity contribution in [3.63, 3.8) is 0 Å². The number of benzene rings is 2. The zero-order valence-corrected chi connectivity index (χ0v) is 13.9. The molecule has 0 saturated heterocycles. The Morgan fingerprint density at radius 3 is 2.61 bits per heavy atom.